The van der Waals surface area contributed by atoms with Gasteiger partial charge >= 0.3 is 6.18 Å². The van der Waals surface area contributed by atoms with Crippen LogP contribution in [0.1, 0.15) is 55.7 Å². The topological polar surface area (TPSA) is 30.5 Å². The summed E-state index contributed by atoms with van der Waals surface area (Å²) >= 11 is 6.30. The van der Waals surface area contributed by atoms with Crippen LogP contribution in [0.4, 0.5) is 30.2 Å². The molecule has 3 aliphatic heterocycles. The number of halogens is 4. The fourth-order valence-corrected chi connectivity index (χ4v) is 7.11. The second-order valence-electron chi connectivity index (χ2n) is 11.5. The Morgan fingerprint density at radius 3 is 2.47 bits per heavy atom. The van der Waals surface area contributed by atoms with Crippen LogP contribution in [0.25, 0.3) is 0 Å². The predicted octanol–water partition coefficient (Wildman–Crippen LogP) is 7.77. The maximum atomic E-state index is 14.2. The summed E-state index contributed by atoms with van der Waals surface area (Å²) in [5.74, 6) is 1.08. The quantitative estimate of drug-likeness (QED) is 0.404. The van der Waals surface area contributed by atoms with Crippen molar-refractivity contribution in [3.05, 3.63) is 76.7 Å². The second-order valence-corrected chi connectivity index (χ2v) is 12.0. The molecule has 2 aromatic carbocycles. The second kappa shape index (κ2) is 9.23. The molecule has 6 rings (SSSR count). The van der Waals surface area contributed by atoms with Crippen LogP contribution in [0.5, 0.6) is 0 Å². The number of fused-ring (bicyclic) bond motifs is 3. The number of rotatable bonds is 5. The Hall–Kier alpha value is -2.64. The van der Waals surface area contributed by atoms with Gasteiger partial charge < -0.3 is 20.4 Å². The molecule has 0 amide bonds. The molecule has 4 nitrogen and oxygen atoms in total. The number of nitrogens with one attached hydrogen (secondary N) is 2. The zero-order valence-electron chi connectivity index (χ0n) is 21.7. The minimum atomic E-state index is -4.42. The van der Waals surface area contributed by atoms with E-state index in [1.807, 2.05) is 18.2 Å². The monoisotopic (exact) mass is 542 g/mol. The van der Waals surface area contributed by atoms with Gasteiger partial charge in [-0.15, -0.1) is 0 Å². The van der Waals surface area contributed by atoms with Crippen molar-refractivity contribution in [3.8, 4) is 0 Å². The Kier molecular flexibility index (Phi) is 6.23. The average Bonchev–Trinajstić information content (AvgIpc) is 3.30. The van der Waals surface area contributed by atoms with Gasteiger partial charge in [0.05, 0.1) is 16.9 Å². The normalized spacial score (nSPS) is 24.2. The maximum Gasteiger partial charge on any atom is 0.418 e. The van der Waals surface area contributed by atoms with Crippen LogP contribution >= 0.6 is 11.6 Å². The smallest absolute Gasteiger partial charge is 0.358 e. The van der Waals surface area contributed by atoms with Gasteiger partial charge in [0.25, 0.3) is 0 Å². The number of alkyl halides is 3. The van der Waals surface area contributed by atoms with Gasteiger partial charge in [-0.25, -0.2) is 0 Å². The highest BCUT2D eigenvalue weighted by atomic mass is 35.5. The number of benzene rings is 2. The third-order valence-electron chi connectivity index (χ3n) is 9.01. The summed E-state index contributed by atoms with van der Waals surface area (Å²) in [6.45, 7) is 13.2. The standard InChI is InChI=1S/C30H34ClF3N4/c1-18-13-23(14-18)38-20(3)36-27-16-21(15-25(28(27)38)30(32,33)34)5-4-10-37-11-8-29(9-12-37)19(2)35-26-7-6-22(31)17-24(26)29/h6-7,15-18,23,35-36H,2-5,8-14H2,1H3. The number of hydrogen-bond acceptors (Lipinski definition) is 4. The molecular formula is C30H34ClF3N4. The summed E-state index contributed by atoms with van der Waals surface area (Å²) in [5.41, 5.74) is 4.19. The molecule has 1 saturated carbocycles. The fourth-order valence-electron chi connectivity index (χ4n) is 6.94. The van der Waals surface area contributed by atoms with Gasteiger partial charge in [-0.1, -0.05) is 31.7 Å². The van der Waals surface area contributed by atoms with Crippen molar-refractivity contribution in [1.29, 1.82) is 0 Å². The molecule has 2 N–H and O–H groups in total. The zero-order valence-corrected chi connectivity index (χ0v) is 22.5. The average molecular weight is 543 g/mol. The first kappa shape index (κ1) is 25.6. The fraction of sp³-hybridized carbons (Fsp3) is 0.467. The number of allylic oxidation sites excluding steroid dienone is 1. The molecule has 0 atom stereocenters. The van der Waals surface area contributed by atoms with Crippen molar-refractivity contribution in [2.24, 2.45) is 5.92 Å². The third-order valence-corrected chi connectivity index (χ3v) is 9.24. The lowest BCUT2D eigenvalue weighted by molar-refractivity contribution is -0.137. The molecular weight excluding hydrogens is 509 g/mol. The van der Waals surface area contributed by atoms with Gasteiger partial charge in [-0.2, -0.15) is 13.2 Å². The van der Waals surface area contributed by atoms with E-state index in [9.17, 15) is 13.2 Å². The lowest BCUT2D eigenvalue weighted by atomic mass is 9.72. The molecule has 1 aliphatic carbocycles. The molecule has 2 fully saturated rings. The predicted molar refractivity (Wildman–Crippen MR) is 149 cm³/mol. The molecule has 1 spiro atoms. The first-order chi connectivity index (χ1) is 18.0. The third kappa shape index (κ3) is 4.28. The van der Waals surface area contributed by atoms with Gasteiger partial charge in [0.1, 0.15) is 5.82 Å². The van der Waals surface area contributed by atoms with Crippen LogP contribution in [0, 0.1) is 5.92 Å². The van der Waals surface area contributed by atoms with Crippen LogP contribution in [0.2, 0.25) is 5.02 Å². The van der Waals surface area contributed by atoms with Crippen molar-refractivity contribution < 1.29 is 13.2 Å². The van der Waals surface area contributed by atoms with E-state index >= 15 is 0 Å². The molecule has 2 aromatic rings. The van der Waals surface area contributed by atoms with E-state index in [4.69, 9.17) is 11.6 Å². The molecule has 1 saturated heterocycles. The molecule has 8 heteroatoms. The van der Waals surface area contributed by atoms with Crippen molar-refractivity contribution in [2.75, 3.05) is 35.2 Å². The number of nitrogens with zero attached hydrogens (tertiary/aromatic N) is 2. The Bertz CT molecular complexity index is 1290. The summed E-state index contributed by atoms with van der Waals surface area (Å²) in [4.78, 5) is 4.20. The largest absolute Gasteiger partial charge is 0.418 e. The maximum absolute atomic E-state index is 14.2. The van der Waals surface area contributed by atoms with E-state index in [0.29, 0.717) is 29.4 Å². The highest BCUT2D eigenvalue weighted by Gasteiger charge is 2.45. The first-order valence-corrected chi connectivity index (χ1v) is 13.9. The number of anilines is 3. The van der Waals surface area contributed by atoms with Gasteiger partial charge in [-0.05, 0) is 106 Å². The van der Waals surface area contributed by atoms with Crippen LogP contribution < -0.4 is 15.5 Å². The van der Waals surface area contributed by atoms with Crippen LogP contribution in [-0.2, 0) is 18.0 Å². The first-order valence-electron chi connectivity index (χ1n) is 13.5. The van der Waals surface area contributed by atoms with Gasteiger partial charge in [-0.3, -0.25) is 0 Å². The number of likely N-dealkylation sites (tertiary alicyclic amines) is 1. The molecule has 202 valence electrons. The highest BCUT2D eigenvalue weighted by Crippen LogP contribution is 2.51. The molecule has 0 aromatic heterocycles. The van der Waals surface area contributed by atoms with Gasteiger partial charge in [0, 0.05) is 27.9 Å². The summed E-state index contributed by atoms with van der Waals surface area (Å²) in [7, 11) is 0. The number of piperidine rings is 1. The van der Waals surface area contributed by atoms with E-state index in [0.717, 1.165) is 68.1 Å². The van der Waals surface area contributed by atoms with Gasteiger partial charge in [0.2, 0.25) is 0 Å². The SMILES string of the molecule is C=C1Nc2cc(CCCN3CCC4(CC3)C(=C)Nc3ccc(Cl)cc34)cc(C(F)(F)F)c2N1C1CC(C)C1. The minimum absolute atomic E-state index is 0.0785. The Morgan fingerprint density at radius 2 is 1.79 bits per heavy atom. The van der Waals surface area contributed by atoms with E-state index in [2.05, 4.69) is 41.7 Å². The van der Waals surface area contributed by atoms with E-state index in [-0.39, 0.29) is 17.1 Å². The van der Waals surface area contributed by atoms with Crippen LogP contribution in [-0.4, -0.2) is 30.6 Å². The zero-order chi connectivity index (χ0) is 26.8. The van der Waals surface area contributed by atoms with Crippen molar-refractivity contribution in [2.45, 2.75) is 63.1 Å². The molecule has 38 heavy (non-hydrogen) atoms. The van der Waals surface area contributed by atoms with E-state index < -0.39 is 11.7 Å². The molecule has 3 heterocycles. The molecule has 0 unspecified atom stereocenters. The lowest BCUT2D eigenvalue weighted by Gasteiger charge is -2.41. The Balaban J connectivity index is 1.12. The van der Waals surface area contributed by atoms with Crippen LogP contribution in [0.15, 0.2) is 55.0 Å². The molecule has 0 radical (unpaired) electrons. The Morgan fingerprint density at radius 1 is 1.05 bits per heavy atom. The van der Waals surface area contributed by atoms with Crippen LogP contribution in [0.3, 0.4) is 0 Å². The summed E-state index contributed by atoms with van der Waals surface area (Å²) in [6.07, 6.45) is 0.652. The Labute approximate surface area is 227 Å². The van der Waals surface area contributed by atoms with Crippen molar-refractivity contribution >= 4 is 28.7 Å². The molecule has 4 aliphatic rings. The summed E-state index contributed by atoms with van der Waals surface area (Å²) in [5, 5.41) is 7.33. The van der Waals surface area contributed by atoms with Crippen molar-refractivity contribution in [1.82, 2.24) is 4.90 Å². The highest BCUT2D eigenvalue weighted by molar-refractivity contribution is 6.30. The summed E-state index contributed by atoms with van der Waals surface area (Å²) in [6, 6.07) is 9.29. The number of hydrogen-bond donors (Lipinski definition) is 2. The van der Waals surface area contributed by atoms with E-state index in [1.165, 1.54) is 11.6 Å². The summed E-state index contributed by atoms with van der Waals surface area (Å²) < 4.78 is 42.6. The number of aryl methyl sites for hydroxylation is 1. The lowest BCUT2D eigenvalue weighted by Crippen LogP contribution is -2.43. The molecule has 0 bridgehead atoms. The van der Waals surface area contributed by atoms with Gasteiger partial charge in [0.15, 0.2) is 0 Å². The minimum Gasteiger partial charge on any atom is -0.358 e. The van der Waals surface area contributed by atoms with Crippen molar-refractivity contribution in [3.63, 3.8) is 0 Å². The van der Waals surface area contributed by atoms with E-state index in [1.54, 1.807) is 4.90 Å².